The molecule has 9 nitrogen and oxygen atoms in total. The number of hydrogen-bond donors (Lipinski definition) is 2. The van der Waals surface area contributed by atoms with Gasteiger partial charge < -0.3 is 33.3 Å². The summed E-state index contributed by atoms with van der Waals surface area (Å²) in [6.07, 6.45) is 0.752. The monoisotopic (exact) mass is 766 g/mol. The van der Waals surface area contributed by atoms with E-state index in [0.717, 1.165) is 27.8 Å². The number of aromatic nitrogens is 3. The first-order valence-electron chi connectivity index (χ1n) is 18.9. The van der Waals surface area contributed by atoms with E-state index in [1.54, 1.807) is 13.4 Å². The Labute approximate surface area is 323 Å². The molecule has 1 saturated heterocycles. The van der Waals surface area contributed by atoms with Crippen molar-refractivity contribution in [2.75, 3.05) is 19.0 Å². The fraction of sp³-hybridized carbons (Fsp3) is 0.442. The van der Waals surface area contributed by atoms with Gasteiger partial charge in [0.25, 0.3) is 0 Å². The van der Waals surface area contributed by atoms with E-state index >= 15 is 0 Å². The maximum absolute atomic E-state index is 12.2. The van der Waals surface area contributed by atoms with Crippen LogP contribution in [0.25, 0.3) is 11.0 Å². The van der Waals surface area contributed by atoms with Gasteiger partial charge in [-0.3, -0.25) is 0 Å². The molecule has 11 heteroatoms. The van der Waals surface area contributed by atoms with Crippen LogP contribution in [-0.2, 0) is 19.1 Å². The highest BCUT2D eigenvalue weighted by molar-refractivity contribution is 6.74. The molecule has 0 bridgehead atoms. The van der Waals surface area contributed by atoms with Crippen LogP contribution in [0, 0.1) is 0 Å². The number of rotatable bonds is 12. The SMILES string of the molecule is COc1ccc(C(Nc2ncnc3c2ccn3C2O[C@H](CO[Si](C)(C)C(C)(C)C)[C@@H](O[Si](C)(C)C(C)(C)C)[C@H]2O)(c2ccccc2)c2ccccc2)cc1. The molecule has 5 aromatic rings. The lowest BCUT2D eigenvalue weighted by molar-refractivity contribution is -0.0485. The van der Waals surface area contributed by atoms with Gasteiger partial charge in [-0.1, -0.05) is 114 Å². The number of hydrogen-bond acceptors (Lipinski definition) is 8. The molecule has 0 spiro atoms. The minimum atomic E-state index is -2.31. The molecule has 3 aromatic carbocycles. The van der Waals surface area contributed by atoms with Crippen LogP contribution in [-0.4, -0.2) is 68.3 Å². The summed E-state index contributed by atoms with van der Waals surface area (Å²) in [5.41, 5.74) is 2.89. The van der Waals surface area contributed by atoms with Gasteiger partial charge in [-0.05, 0) is 71.2 Å². The second-order valence-corrected chi connectivity index (χ2v) is 27.1. The zero-order chi connectivity index (χ0) is 39.1. The number of aliphatic hydroxyl groups is 1. The third-order valence-electron chi connectivity index (χ3n) is 12.0. The minimum absolute atomic E-state index is 0.0247. The highest BCUT2D eigenvalue weighted by Crippen LogP contribution is 2.45. The third-order valence-corrected chi connectivity index (χ3v) is 21.0. The van der Waals surface area contributed by atoms with Crippen LogP contribution in [0.15, 0.2) is 104 Å². The molecular weight excluding hydrogens is 709 g/mol. The summed E-state index contributed by atoms with van der Waals surface area (Å²) in [6.45, 7) is 22.6. The largest absolute Gasteiger partial charge is 0.497 e. The molecule has 2 N–H and O–H groups in total. The third kappa shape index (κ3) is 7.54. The van der Waals surface area contributed by atoms with Gasteiger partial charge in [0, 0.05) is 6.20 Å². The Morgan fingerprint density at radius 3 is 1.85 bits per heavy atom. The number of anilines is 1. The van der Waals surface area contributed by atoms with Crippen molar-refractivity contribution in [2.24, 2.45) is 0 Å². The van der Waals surface area contributed by atoms with Gasteiger partial charge in [-0.15, -0.1) is 0 Å². The zero-order valence-corrected chi connectivity index (χ0v) is 35.8. The van der Waals surface area contributed by atoms with Crippen molar-refractivity contribution in [1.82, 2.24) is 14.5 Å². The summed E-state index contributed by atoms with van der Waals surface area (Å²) in [5.74, 6) is 1.41. The van der Waals surface area contributed by atoms with Crippen LogP contribution in [0.2, 0.25) is 36.3 Å². The van der Waals surface area contributed by atoms with E-state index in [1.807, 2.05) is 41.1 Å². The predicted molar refractivity (Wildman–Crippen MR) is 222 cm³/mol. The normalized spacial score (nSPS) is 20.0. The molecule has 1 fully saturated rings. The maximum Gasteiger partial charge on any atom is 0.192 e. The Kier molecular flexibility index (Phi) is 11.1. The van der Waals surface area contributed by atoms with Crippen molar-refractivity contribution >= 4 is 33.5 Å². The van der Waals surface area contributed by atoms with Gasteiger partial charge >= 0.3 is 0 Å². The number of ether oxygens (including phenoxy) is 2. The lowest BCUT2D eigenvalue weighted by Gasteiger charge is -2.41. The summed E-state index contributed by atoms with van der Waals surface area (Å²) in [6, 6.07) is 30.9. The van der Waals surface area contributed by atoms with Crippen LogP contribution < -0.4 is 10.1 Å². The number of nitrogens with zero attached hydrogens (tertiary/aromatic N) is 3. The molecule has 288 valence electrons. The van der Waals surface area contributed by atoms with E-state index in [-0.39, 0.29) is 10.1 Å². The minimum Gasteiger partial charge on any atom is -0.497 e. The van der Waals surface area contributed by atoms with Gasteiger partial charge in [0.2, 0.25) is 0 Å². The lowest BCUT2D eigenvalue weighted by Crippen LogP contribution is -2.51. The molecule has 1 aliphatic rings. The van der Waals surface area contributed by atoms with Crippen LogP contribution >= 0.6 is 0 Å². The molecule has 0 saturated carbocycles. The molecule has 6 rings (SSSR count). The van der Waals surface area contributed by atoms with E-state index in [2.05, 4.69) is 134 Å². The van der Waals surface area contributed by atoms with E-state index in [9.17, 15) is 5.11 Å². The molecule has 1 unspecified atom stereocenters. The standard InChI is InChI=1S/C43H58N4O5Si2/c1-41(2,3)53(8,9)50-28-35-37(52-54(10,11)42(4,5)6)36(48)40(51-35)47-27-26-34-38(44-29-45-39(34)47)46-43(30-18-14-12-15-19-30,31-20-16-13-17-21-31)32-22-24-33(49-7)25-23-32/h12-27,29,35-37,40,48H,28H2,1-11H3,(H,44,45,46)/t35-,36-,37-,40?/m1/s1. The fourth-order valence-corrected chi connectivity index (χ4v) is 8.98. The summed E-state index contributed by atoms with van der Waals surface area (Å²) >= 11 is 0. The van der Waals surface area contributed by atoms with Gasteiger partial charge in [-0.25, -0.2) is 9.97 Å². The van der Waals surface area contributed by atoms with Crippen molar-refractivity contribution in [2.45, 2.75) is 108 Å². The Bertz CT molecular complexity index is 1970. The van der Waals surface area contributed by atoms with E-state index in [1.165, 1.54) is 0 Å². The molecule has 2 aromatic heterocycles. The molecule has 0 aliphatic carbocycles. The van der Waals surface area contributed by atoms with Crippen LogP contribution in [0.1, 0.15) is 64.5 Å². The smallest absolute Gasteiger partial charge is 0.192 e. The molecule has 4 atom stereocenters. The number of benzene rings is 3. The Hall–Kier alpha value is -3.85. The zero-order valence-electron chi connectivity index (χ0n) is 33.8. The number of methoxy groups -OCH3 is 1. The fourth-order valence-electron chi connectivity index (χ4n) is 6.64. The molecule has 0 amide bonds. The highest BCUT2D eigenvalue weighted by atomic mass is 28.4. The summed E-state index contributed by atoms with van der Waals surface area (Å²) in [5, 5.41) is 16.8. The van der Waals surface area contributed by atoms with Crippen molar-refractivity contribution in [3.05, 3.63) is 120 Å². The highest BCUT2D eigenvalue weighted by Gasteiger charge is 2.51. The van der Waals surface area contributed by atoms with E-state index in [4.69, 9.17) is 28.3 Å². The first-order chi connectivity index (χ1) is 25.4. The lowest BCUT2D eigenvalue weighted by atomic mass is 9.77. The van der Waals surface area contributed by atoms with Crippen LogP contribution in [0.5, 0.6) is 5.75 Å². The second-order valence-electron chi connectivity index (χ2n) is 17.5. The summed E-state index contributed by atoms with van der Waals surface area (Å²) in [7, 11) is -2.75. The van der Waals surface area contributed by atoms with Gasteiger partial charge in [-0.2, -0.15) is 0 Å². The van der Waals surface area contributed by atoms with E-state index in [0.29, 0.717) is 18.1 Å². The molecule has 3 heterocycles. The second kappa shape index (κ2) is 15.0. The first-order valence-corrected chi connectivity index (χ1v) is 24.7. The average molecular weight is 767 g/mol. The number of fused-ring (bicyclic) bond motifs is 1. The maximum atomic E-state index is 12.2. The number of aliphatic hydroxyl groups excluding tert-OH is 1. The van der Waals surface area contributed by atoms with Gasteiger partial charge in [0.1, 0.15) is 47.4 Å². The van der Waals surface area contributed by atoms with E-state index < -0.39 is 46.7 Å². The topological polar surface area (TPSA) is 99.9 Å². The number of nitrogens with one attached hydrogen (secondary N) is 1. The predicted octanol–water partition coefficient (Wildman–Crippen LogP) is 9.51. The molecule has 1 aliphatic heterocycles. The van der Waals surface area contributed by atoms with Gasteiger partial charge in [0.05, 0.1) is 19.1 Å². The van der Waals surface area contributed by atoms with Crippen molar-refractivity contribution in [3.63, 3.8) is 0 Å². The van der Waals surface area contributed by atoms with Crippen molar-refractivity contribution in [3.8, 4) is 5.75 Å². The Balaban J connectivity index is 1.43. The van der Waals surface area contributed by atoms with Gasteiger partial charge in [0.15, 0.2) is 22.9 Å². The summed E-state index contributed by atoms with van der Waals surface area (Å²) in [4.78, 5) is 9.63. The van der Waals surface area contributed by atoms with Crippen LogP contribution in [0.3, 0.4) is 0 Å². The molecular formula is C43H58N4O5Si2. The molecule has 0 radical (unpaired) electrons. The van der Waals surface area contributed by atoms with Crippen molar-refractivity contribution in [1.29, 1.82) is 0 Å². The Morgan fingerprint density at radius 1 is 0.759 bits per heavy atom. The Morgan fingerprint density at radius 2 is 1.31 bits per heavy atom. The van der Waals surface area contributed by atoms with Crippen LogP contribution in [0.4, 0.5) is 5.82 Å². The van der Waals surface area contributed by atoms with Crippen molar-refractivity contribution < 1.29 is 23.4 Å². The average Bonchev–Trinajstić information content (AvgIpc) is 3.70. The molecule has 54 heavy (non-hydrogen) atoms. The quantitative estimate of drug-likeness (QED) is 0.0958. The summed E-state index contributed by atoms with van der Waals surface area (Å²) < 4.78 is 27.9. The first kappa shape index (κ1) is 39.8.